The van der Waals surface area contributed by atoms with Crippen molar-refractivity contribution in [3.05, 3.63) is 36.2 Å². The first-order valence-electron chi connectivity index (χ1n) is 8.88. The summed E-state index contributed by atoms with van der Waals surface area (Å²) in [6.07, 6.45) is 1.55. The highest BCUT2D eigenvalue weighted by atomic mass is 16.5. The molecule has 1 aromatic carbocycles. The first-order chi connectivity index (χ1) is 13.5. The maximum absolute atomic E-state index is 12.7. The highest BCUT2D eigenvalue weighted by Gasteiger charge is 2.21. The van der Waals surface area contributed by atoms with Gasteiger partial charge in [-0.3, -0.25) is 9.59 Å². The number of carbonyl (C=O) groups is 2. The van der Waals surface area contributed by atoms with Crippen molar-refractivity contribution in [3.8, 4) is 11.5 Å². The van der Waals surface area contributed by atoms with E-state index in [1.807, 2.05) is 4.90 Å². The lowest BCUT2D eigenvalue weighted by atomic mass is 10.2. The number of nitrogens with zero attached hydrogens (tertiary/aromatic N) is 4. The lowest BCUT2D eigenvalue weighted by Crippen LogP contribution is -2.48. The van der Waals surface area contributed by atoms with Crippen LogP contribution in [0.3, 0.4) is 0 Å². The Balaban J connectivity index is 1.74. The number of amides is 2. The highest BCUT2D eigenvalue weighted by Crippen LogP contribution is 2.29. The molecule has 9 nitrogen and oxygen atoms in total. The summed E-state index contributed by atoms with van der Waals surface area (Å²) >= 11 is 0. The van der Waals surface area contributed by atoms with Gasteiger partial charge < -0.3 is 24.6 Å². The average molecular weight is 385 g/mol. The topological polar surface area (TPSA) is 96.9 Å². The summed E-state index contributed by atoms with van der Waals surface area (Å²) < 4.78 is 10.5. The van der Waals surface area contributed by atoms with Gasteiger partial charge in [-0.25, -0.2) is 9.97 Å². The Morgan fingerprint density at radius 3 is 2.46 bits per heavy atom. The molecule has 1 saturated heterocycles. The van der Waals surface area contributed by atoms with Crippen LogP contribution in [-0.4, -0.2) is 67.1 Å². The summed E-state index contributed by atoms with van der Waals surface area (Å²) in [7, 11) is 3.08. The number of nitrogens with one attached hydrogen (secondary N) is 1. The van der Waals surface area contributed by atoms with Crippen LogP contribution >= 0.6 is 0 Å². The second-order valence-electron chi connectivity index (χ2n) is 6.26. The molecule has 3 rings (SSSR count). The summed E-state index contributed by atoms with van der Waals surface area (Å²) in [5, 5.41) is 2.80. The standard InChI is InChI=1S/C19H23N5O4/c1-13(25)23-8-10-24(11-9-23)19-20-7-6-15(22-19)18(26)21-16-12-14(27-2)4-5-17(16)28-3/h4-7,12H,8-11H2,1-3H3,(H,21,26). The van der Waals surface area contributed by atoms with Crippen LogP contribution in [0.4, 0.5) is 11.6 Å². The van der Waals surface area contributed by atoms with E-state index >= 15 is 0 Å². The van der Waals surface area contributed by atoms with Crippen molar-refractivity contribution in [1.29, 1.82) is 0 Å². The molecule has 1 aliphatic heterocycles. The van der Waals surface area contributed by atoms with Gasteiger partial charge >= 0.3 is 0 Å². The fourth-order valence-electron chi connectivity index (χ4n) is 2.95. The van der Waals surface area contributed by atoms with E-state index in [1.54, 1.807) is 49.4 Å². The minimum Gasteiger partial charge on any atom is -0.497 e. The summed E-state index contributed by atoms with van der Waals surface area (Å²) in [6, 6.07) is 6.70. The van der Waals surface area contributed by atoms with Gasteiger partial charge in [0.15, 0.2) is 0 Å². The van der Waals surface area contributed by atoms with Gasteiger partial charge in [0, 0.05) is 45.4 Å². The van der Waals surface area contributed by atoms with Crippen molar-refractivity contribution in [2.75, 3.05) is 50.6 Å². The third kappa shape index (κ3) is 4.30. The zero-order valence-corrected chi connectivity index (χ0v) is 16.1. The van der Waals surface area contributed by atoms with Crippen LogP contribution in [-0.2, 0) is 4.79 Å². The van der Waals surface area contributed by atoms with Gasteiger partial charge in [0.2, 0.25) is 11.9 Å². The van der Waals surface area contributed by atoms with E-state index in [0.717, 1.165) is 0 Å². The Kier molecular flexibility index (Phi) is 5.93. The Bertz CT molecular complexity index is 865. The number of rotatable bonds is 5. The number of hydrogen-bond donors (Lipinski definition) is 1. The second-order valence-corrected chi connectivity index (χ2v) is 6.26. The molecule has 1 aliphatic rings. The smallest absolute Gasteiger partial charge is 0.274 e. The molecule has 9 heteroatoms. The predicted octanol–water partition coefficient (Wildman–Crippen LogP) is 1.41. The summed E-state index contributed by atoms with van der Waals surface area (Å²) in [5.41, 5.74) is 0.728. The normalized spacial score (nSPS) is 13.8. The maximum atomic E-state index is 12.7. The van der Waals surface area contributed by atoms with E-state index < -0.39 is 0 Å². The molecule has 2 aromatic rings. The Morgan fingerprint density at radius 2 is 1.82 bits per heavy atom. The van der Waals surface area contributed by atoms with Crippen LogP contribution in [0.25, 0.3) is 0 Å². The number of carbonyl (C=O) groups excluding carboxylic acids is 2. The molecule has 148 valence electrons. The number of hydrogen-bond acceptors (Lipinski definition) is 7. The molecular weight excluding hydrogens is 362 g/mol. The lowest BCUT2D eigenvalue weighted by molar-refractivity contribution is -0.129. The van der Waals surface area contributed by atoms with Crippen LogP contribution < -0.4 is 19.7 Å². The molecule has 0 saturated carbocycles. The van der Waals surface area contributed by atoms with Gasteiger partial charge in [0.05, 0.1) is 19.9 Å². The quantitative estimate of drug-likeness (QED) is 0.831. The summed E-state index contributed by atoms with van der Waals surface area (Å²) in [4.78, 5) is 36.5. The van der Waals surface area contributed by atoms with Crippen LogP contribution in [0.1, 0.15) is 17.4 Å². The van der Waals surface area contributed by atoms with Gasteiger partial charge in [-0.05, 0) is 18.2 Å². The molecule has 1 N–H and O–H groups in total. The van der Waals surface area contributed by atoms with Crippen LogP contribution in [0, 0.1) is 0 Å². The molecule has 0 spiro atoms. The molecule has 1 fully saturated rings. The van der Waals surface area contributed by atoms with Gasteiger partial charge in [-0.2, -0.15) is 0 Å². The van der Waals surface area contributed by atoms with Crippen LogP contribution in [0.5, 0.6) is 11.5 Å². The van der Waals surface area contributed by atoms with Crippen molar-refractivity contribution in [1.82, 2.24) is 14.9 Å². The number of aromatic nitrogens is 2. The Hall–Kier alpha value is -3.36. The van der Waals surface area contributed by atoms with Gasteiger partial charge in [0.1, 0.15) is 17.2 Å². The molecule has 0 aliphatic carbocycles. The maximum Gasteiger partial charge on any atom is 0.274 e. The molecule has 1 aromatic heterocycles. The van der Waals surface area contributed by atoms with Gasteiger partial charge in [-0.15, -0.1) is 0 Å². The third-order valence-electron chi connectivity index (χ3n) is 4.54. The first kappa shape index (κ1) is 19.4. The largest absolute Gasteiger partial charge is 0.497 e. The predicted molar refractivity (Wildman–Crippen MR) is 104 cm³/mol. The molecule has 28 heavy (non-hydrogen) atoms. The number of piperazine rings is 1. The fourth-order valence-corrected chi connectivity index (χ4v) is 2.95. The monoisotopic (exact) mass is 385 g/mol. The molecular formula is C19H23N5O4. The van der Waals surface area contributed by atoms with Crippen LogP contribution in [0.15, 0.2) is 30.5 Å². The third-order valence-corrected chi connectivity index (χ3v) is 4.54. The lowest BCUT2D eigenvalue weighted by Gasteiger charge is -2.34. The Morgan fingerprint density at radius 1 is 1.07 bits per heavy atom. The molecule has 2 amide bonds. The average Bonchev–Trinajstić information content (AvgIpc) is 2.73. The van der Waals surface area contributed by atoms with Crippen molar-refractivity contribution in [2.24, 2.45) is 0 Å². The number of anilines is 2. The van der Waals surface area contributed by atoms with Crippen molar-refractivity contribution in [2.45, 2.75) is 6.92 Å². The fraction of sp³-hybridized carbons (Fsp3) is 0.368. The SMILES string of the molecule is COc1ccc(OC)c(NC(=O)c2ccnc(N3CCN(C(C)=O)CC3)n2)c1. The van der Waals surface area contributed by atoms with Gasteiger partial charge in [0.25, 0.3) is 5.91 Å². The van der Waals surface area contributed by atoms with E-state index in [1.165, 1.54) is 7.11 Å². The molecule has 2 heterocycles. The minimum atomic E-state index is -0.377. The van der Waals surface area contributed by atoms with Crippen molar-refractivity contribution < 1.29 is 19.1 Å². The Labute approximate surface area is 163 Å². The van der Waals surface area contributed by atoms with E-state index in [4.69, 9.17) is 9.47 Å². The van der Waals surface area contributed by atoms with Crippen molar-refractivity contribution >= 4 is 23.5 Å². The van der Waals surface area contributed by atoms with E-state index in [2.05, 4.69) is 15.3 Å². The van der Waals surface area contributed by atoms with Crippen LogP contribution in [0.2, 0.25) is 0 Å². The number of methoxy groups -OCH3 is 2. The highest BCUT2D eigenvalue weighted by molar-refractivity contribution is 6.03. The number of benzene rings is 1. The molecule has 0 atom stereocenters. The van der Waals surface area contributed by atoms with Crippen molar-refractivity contribution in [3.63, 3.8) is 0 Å². The summed E-state index contributed by atoms with van der Waals surface area (Å²) in [6.45, 7) is 4.01. The molecule has 0 unspecified atom stereocenters. The zero-order chi connectivity index (χ0) is 20.1. The van der Waals surface area contributed by atoms with E-state index in [0.29, 0.717) is 49.3 Å². The van der Waals surface area contributed by atoms with Gasteiger partial charge in [-0.1, -0.05) is 0 Å². The minimum absolute atomic E-state index is 0.0564. The summed E-state index contributed by atoms with van der Waals surface area (Å²) in [5.74, 6) is 1.26. The molecule has 0 bridgehead atoms. The second kappa shape index (κ2) is 8.55. The van der Waals surface area contributed by atoms with E-state index in [9.17, 15) is 9.59 Å². The zero-order valence-electron chi connectivity index (χ0n) is 16.1. The first-order valence-corrected chi connectivity index (χ1v) is 8.88. The number of ether oxygens (including phenoxy) is 2. The van der Waals surface area contributed by atoms with E-state index in [-0.39, 0.29) is 17.5 Å². The molecule has 0 radical (unpaired) electrons.